The summed E-state index contributed by atoms with van der Waals surface area (Å²) in [6.45, 7) is 0. The van der Waals surface area contributed by atoms with Crippen molar-refractivity contribution in [3.05, 3.63) is 0 Å². The van der Waals surface area contributed by atoms with E-state index in [1.807, 2.05) is 0 Å². The fourth-order valence-corrected chi connectivity index (χ4v) is 0.423. The number of hydrazone groups is 1. The van der Waals surface area contributed by atoms with Gasteiger partial charge in [-0.15, -0.1) is 0 Å². The molecule has 0 saturated carbocycles. The smallest absolute Gasteiger partial charge is 0.380 e. The van der Waals surface area contributed by atoms with Crippen molar-refractivity contribution in [3.8, 4) is 0 Å². The zero-order chi connectivity index (χ0) is 10.9. The predicted octanol–water partition coefficient (Wildman–Crippen LogP) is 1.02. The van der Waals surface area contributed by atoms with Crippen molar-refractivity contribution in [1.82, 2.24) is 5.01 Å². The summed E-state index contributed by atoms with van der Waals surface area (Å²) in [5, 5.41) is 3.53. The Morgan fingerprint density at radius 3 is 1.77 bits per heavy atom. The van der Waals surface area contributed by atoms with Crippen molar-refractivity contribution in [3.63, 3.8) is 0 Å². The molecule has 8 heteroatoms. The number of hydrogen-bond acceptors (Lipinski definition) is 2. The van der Waals surface area contributed by atoms with Crippen molar-refractivity contribution >= 4 is 5.84 Å². The van der Waals surface area contributed by atoms with Gasteiger partial charge >= 0.3 is 12.1 Å². The van der Waals surface area contributed by atoms with Gasteiger partial charge in [0.05, 0.1) is 0 Å². The van der Waals surface area contributed by atoms with Crippen LogP contribution in [0.15, 0.2) is 5.10 Å². The Hall–Kier alpha value is -1.08. The van der Waals surface area contributed by atoms with Crippen LogP contribution in [0.3, 0.4) is 0 Å². The highest BCUT2D eigenvalue weighted by molar-refractivity contribution is 5.87. The Morgan fingerprint density at radius 2 is 1.54 bits per heavy atom. The molecule has 0 amide bonds. The second-order valence-electron chi connectivity index (χ2n) is 2.40. The van der Waals surface area contributed by atoms with Gasteiger partial charge in [0.2, 0.25) is 0 Å². The molecule has 0 aliphatic heterocycles. The third kappa shape index (κ3) is 2.71. The quantitative estimate of drug-likeness (QED) is 0.316. The average Bonchev–Trinajstić information content (AvgIpc) is 1.82. The number of nitrogens with zero attached hydrogens (tertiary/aromatic N) is 2. The molecular formula is C5H8F5N3. The first kappa shape index (κ1) is 11.9. The van der Waals surface area contributed by atoms with E-state index in [0.29, 0.717) is 0 Å². The first-order chi connectivity index (χ1) is 5.59. The lowest BCUT2D eigenvalue weighted by Gasteiger charge is -2.19. The first-order valence-corrected chi connectivity index (χ1v) is 3.05. The van der Waals surface area contributed by atoms with E-state index < -0.39 is 17.9 Å². The van der Waals surface area contributed by atoms with E-state index in [1.165, 1.54) is 14.1 Å². The van der Waals surface area contributed by atoms with E-state index in [4.69, 9.17) is 0 Å². The third-order valence-corrected chi connectivity index (χ3v) is 0.985. The Balaban J connectivity index is 4.85. The van der Waals surface area contributed by atoms with Crippen LogP contribution >= 0.6 is 0 Å². The van der Waals surface area contributed by atoms with Crippen LogP contribution in [-0.2, 0) is 0 Å². The minimum Gasteiger partial charge on any atom is -0.380 e. The van der Waals surface area contributed by atoms with Gasteiger partial charge in [0.25, 0.3) is 0 Å². The largest absolute Gasteiger partial charge is 0.461 e. The topological polar surface area (TPSA) is 41.6 Å². The molecule has 3 nitrogen and oxygen atoms in total. The van der Waals surface area contributed by atoms with Crippen LogP contribution in [0.2, 0.25) is 0 Å². The molecule has 0 saturated heterocycles. The Bertz CT molecular complexity index is 207. The molecule has 0 unspecified atom stereocenters. The molecule has 13 heavy (non-hydrogen) atoms. The van der Waals surface area contributed by atoms with Gasteiger partial charge < -0.3 is 10.7 Å². The molecule has 0 fully saturated rings. The second kappa shape index (κ2) is 3.35. The van der Waals surface area contributed by atoms with Gasteiger partial charge in [-0.05, 0) is 0 Å². The molecule has 0 atom stereocenters. The zero-order valence-electron chi connectivity index (χ0n) is 6.86. The van der Waals surface area contributed by atoms with E-state index in [2.05, 4.69) is 10.8 Å². The molecule has 0 spiro atoms. The van der Waals surface area contributed by atoms with Crippen LogP contribution in [0, 0.1) is 0 Å². The number of alkyl halides is 5. The first-order valence-electron chi connectivity index (χ1n) is 3.05. The fraction of sp³-hybridized carbons (Fsp3) is 0.800. The zero-order valence-corrected chi connectivity index (χ0v) is 6.86. The molecule has 0 radical (unpaired) electrons. The fourth-order valence-electron chi connectivity index (χ4n) is 0.423. The van der Waals surface area contributed by atoms with E-state index in [-0.39, 0.29) is 0 Å². The summed E-state index contributed by atoms with van der Waals surface area (Å²) in [6.07, 6.45) is -5.71. The van der Waals surface area contributed by atoms with E-state index in [9.17, 15) is 22.0 Å². The van der Waals surface area contributed by atoms with Crippen LogP contribution < -0.4 is 5.73 Å². The average molecular weight is 205 g/mol. The van der Waals surface area contributed by atoms with Crippen molar-refractivity contribution in [2.75, 3.05) is 14.1 Å². The van der Waals surface area contributed by atoms with E-state index in [0.717, 1.165) is 5.01 Å². The Labute approximate surface area is 71.0 Å². The van der Waals surface area contributed by atoms with Crippen LogP contribution in [0.25, 0.3) is 0 Å². The van der Waals surface area contributed by atoms with Crippen molar-refractivity contribution in [1.29, 1.82) is 0 Å². The molecule has 0 rings (SSSR count). The summed E-state index contributed by atoms with van der Waals surface area (Å²) in [5.41, 5.74) is 4.48. The van der Waals surface area contributed by atoms with E-state index >= 15 is 0 Å². The maximum atomic E-state index is 12.3. The number of hydrogen-bond donors (Lipinski definition) is 1. The van der Waals surface area contributed by atoms with Gasteiger partial charge in [0.15, 0.2) is 5.84 Å². The van der Waals surface area contributed by atoms with Crippen molar-refractivity contribution in [2.24, 2.45) is 10.8 Å². The summed E-state index contributed by atoms with van der Waals surface area (Å²) < 4.78 is 59.4. The maximum Gasteiger partial charge on any atom is 0.461 e. The second-order valence-corrected chi connectivity index (χ2v) is 2.40. The molecule has 0 bridgehead atoms. The minimum atomic E-state index is -5.71. The monoisotopic (exact) mass is 205 g/mol. The molecular weight excluding hydrogens is 197 g/mol. The highest BCUT2D eigenvalue weighted by Gasteiger charge is 2.61. The van der Waals surface area contributed by atoms with Crippen LogP contribution in [0.4, 0.5) is 22.0 Å². The molecule has 0 heterocycles. The molecule has 0 aromatic rings. The highest BCUT2D eigenvalue weighted by atomic mass is 19.4. The normalized spacial score (nSPS) is 14.5. The van der Waals surface area contributed by atoms with Gasteiger partial charge in [-0.25, -0.2) is 0 Å². The SMILES string of the molecule is CN(C)/N=C(\N)C(F)(F)C(F)(F)F. The number of nitrogens with two attached hydrogens (primary N) is 1. The molecule has 0 aromatic carbocycles. The standard InChI is InChI=1S/C5H8F5N3/c1-13(2)12-3(11)4(6,7)5(8,9)10/h1-2H3,(H2,11,12). The lowest BCUT2D eigenvalue weighted by Crippen LogP contribution is -2.48. The van der Waals surface area contributed by atoms with Gasteiger partial charge in [0, 0.05) is 14.1 Å². The van der Waals surface area contributed by atoms with Gasteiger partial charge in [-0.3, -0.25) is 0 Å². The number of halogens is 5. The maximum absolute atomic E-state index is 12.3. The van der Waals surface area contributed by atoms with Gasteiger partial charge in [-0.2, -0.15) is 27.1 Å². The lowest BCUT2D eigenvalue weighted by atomic mass is 10.3. The lowest BCUT2D eigenvalue weighted by molar-refractivity contribution is -0.249. The van der Waals surface area contributed by atoms with Crippen molar-refractivity contribution < 1.29 is 22.0 Å². The van der Waals surface area contributed by atoms with Gasteiger partial charge in [-0.1, -0.05) is 0 Å². The third-order valence-electron chi connectivity index (χ3n) is 0.985. The number of amidine groups is 1. The molecule has 0 aromatic heterocycles. The minimum absolute atomic E-state index is 0.759. The van der Waals surface area contributed by atoms with Crippen LogP contribution in [-0.4, -0.2) is 37.0 Å². The van der Waals surface area contributed by atoms with Gasteiger partial charge in [0.1, 0.15) is 0 Å². The number of rotatable bonds is 2. The Kier molecular flexibility index (Phi) is 3.07. The summed E-state index contributed by atoms with van der Waals surface area (Å²) in [5.74, 6) is -6.86. The van der Waals surface area contributed by atoms with Crippen LogP contribution in [0.5, 0.6) is 0 Å². The summed E-state index contributed by atoms with van der Waals surface area (Å²) >= 11 is 0. The summed E-state index contributed by atoms with van der Waals surface area (Å²) in [7, 11) is 2.36. The summed E-state index contributed by atoms with van der Waals surface area (Å²) in [4.78, 5) is 0. The highest BCUT2D eigenvalue weighted by Crippen LogP contribution is 2.35. The predicted molar refractivity (Wildman–Crippen MR) is 36.3 cm³/mol. The summed E-state index contributed by atoms with van der Waals surface area (Å²) in [6, 6.07) is 0. The van der Waals surface area contributed by atoms with Crippen LogP contribution in [0.1, 0.15) is 0 Å². The molecule has 78 valence electrons. The molecule has 0 aliphatic rings. The molecule has 0 aliphatic carbocycles. The Morgan fingerprint density at radius 1 is 1.15 bits per heavy atom. The molecule has 2 N–H and O–H groups in total. The van der Waals surface area contributed by atoms with E-state index in [1.54, 1.807) is 0 Å². The van der Waals surface area contributed by atoms with Crippen molar-refractivity contribution in [2.45, 2.75) is 12.1 Å².